The quantitative estimate of drug-likeness (QED) is 0.303. The number of carbonyl (C=O) groups excluding carboxylic acids is 1. The van der Waals surface area contributed by atoms with Gasteiger partial charge < -0.3 is 9.15 Å². The molecule has 3 aromatic rings. The highest BCUT2D eigenvalue weighted by molar-refractivity contribution is 6.05. The fourth-order valence-electron chi connectivity index (χ4n) is 2.35. The average Bonchev–Trinajstić information content (AvgIpc) is 2.65. The van der Waals surface area contributed by atoms with E-state index in [1.54, 1.807) is 43.5 Å². The van der Waals surface area contributed by atoms with E-state index in [1.165, 1.54) is 6.08 Å². The summed E-state index contributed by atoms with van der Waals surface area (Å²) in [4.78, 5) is 24.1. The molecule has 0 unspecified atom stereocenters. The van der Waals surface area contributed by atoms with Crippen molar-refractivity contribution < 1.29 is 13.9 Å². The zero-order chi connectivity index (χ0) is 17.6. The van der Waals surface area contributed by atoms with Crippen molar-refractivity contribution in [1.82, 2.24) is 0 Å². The lowest BCUT2D eigenvalue weighted by molar-refractivity contribution is 0.104. The molecule has 1 heterocycles. The molecule has 0 fully saturated rings. The third-order valence-electron chi connectivity index (χ3n) is 3.67. The molecule has 0 radical (unpaired) electrons. The summed E-state index contributed by atoms with van der Waals surface area (Å²) in [6.07, 6.45) is 6.54. The maximum Gasteiger partial charge on any atom is 0.347 e. The lowest BCUT2D eigenvalue weighted by Gasteiger charge is -1.99. The Bertz CT molecular complexity index is 1010. The first-order chi connectivity index (χ1) is 12.2. The highest BCUT2D eigenvalue weighted by Gasteiger charge is 2.10. The fraction of sp³-hybridized carbons (Fsp3) is 0.0476. The molecule has 0 saturated carbocycles. The number of ketones is 1. The van der Waals surface area contributed by atoms with Gasteiger partial charge in [-0.05, 0) is 35.9 Å². The van der Waals surface area contributed by atoms with Crippen molar-refractivity contribution in [3.05, 3.63) is 94.4 Å². The minimum absolute atomic E-state index is 0.0211. The van der Waals surface area contributed by atoms with E-state index in [2.05, 4.69) is 0 Å². The van der Waals surface area contributed by atoms with Gasteiger partial charge in [0.25, 0.3) is 0 Å². The van der Waals surface area contributed by atoms with Gasteiger partial charge >= 0.3 is 5.63 Å². The van der Waals surface area contributed by atoms with Gasteiger partial charge in [-0.2, -0.15) is 0 Å². The van der Waals surface area contributed by atoms with Crippen LogP contribution in [0.5, 0.6) is 5.75 Å². The molecule has 124 valence electrons. The molecule has 0 saturated heterocycles. The van der Waals surface area contributed by atoms with Gasteiger partial charge in [0.05, 0.1) is 7.11 Å². The molecule has 0 N–H and O–H groups in total. The highest BCUT2D eigenvalue weighted by atomic mass is 16.5. The first-order valence-electron chi connectivity index (χ1n) is 7.73. The fourth-order valence-corrected chi connectivity index (χ4v) is 2.35. The zero-order valence-electron chi connectivity index (χ0n) is 13.6. The molecule has 0 aliphatic rings. The maximum absolute atomic E-state index is 12.2. The van der Waals surface area contributed by atoms with Gasteiger partial charge in [-0.15, -0.1) is 0 Å². The van der Waals surface area contributed by atoms with Crippen LogP contribution in [-0.2, 0) is 0 Å². The van der Waals surface area contributed by atoms with E-state index in [4.69, 9.17) is 9.15 Å². The minimum Gasteiger partial charge on any atom is -0.497 e. The summed E-state index contributed by atoms with van der Waals surface area (Å²) in [5, 5.41) is 0.715. The minimum atomic E-state index is -0.632. The Morgan fingerprint density at radius 1 is 1.04 bits per heavy atom. The number of rotatable bonds is 5. The summed E-state index contributed by atoms with van der Waals surface area (Å²) in [7, 11) is 1.61. The summed E-state index contributed by atoms with van der Waals surface area (Å²) >= 11 is 0. The summed E-state index contributed by atoms with van der Waals surface area (Å²) < 4.78 is 10.3. The van der Waals surface area contributed by atoms with E-state index < -0.39 is 5.63 Å². The first kappa shape index (κ1) is 16.5. The molecule has 0 aliphatic carbocycles. The Labute approximate surface area is 144 Å². The number of methoxy groups -OCH3 is 1. The molecule has 0 atom stereocenters. The third kappa shape index (κ3) is 3.93. The topological polar surface area (TPSA) is 56.5 Å². The van der Waals surface area contributed by atoms with Crippen molar-refractivity contribution in [2.24, 2.45) is 0 Å². The smallest absolute Gasteiger partial charge is 0.347 e. The molecule has 0 amide bonds. The third-order valence-corrected chi connectivity index (χ3v) is 3.67. The Morgan fingerprint density at radius 3 is 2.56 bits per heavy atom. The standard InChI is InChI=1S/C21H16O4/c1-24-17-12-10-15(11-13-17)6-2-4-8-19(22)18-14-16-7-3-5-9-20(16)25-21(18)23/h2-14H,1H3/b6-2+,8-4+. The van der Waals surface area contributed by atoms with Crippen LogP contribution in [0.15, 0.2) is 82.0 Å². The molecule has 0 aliphatic heterocycles. The Hall–Kier alpha value is -3.40. The molecule has 3 rings (SSSR count). The molecular weight excluding hydrogens is 316 g/mol. The highest BCUT2D eigenvalue weighted by Crippen LogP contribution is 2.14. The van der Waals surface area contributed by atoms with Crippen LogP contribution < -0.4 is 10.4 Å². The largest absolute Gasteiger partial charge is 0.497 e. The van der Waals surface area contributed by atoms with Gasteiger partial charge in [0, 0.05) is 5.39 Å². The Morgan fingerprint density at radius 2 is 1.80 bits per heavy atom. The van der Waals surface area contributed by atoms with Crippen LogP contribution in [0.4, 0.5) is 0 Å². The number of allylic oxidation sites excluding steroid dienone is 3. The summed E-state index contributed by atoms with van der Waals surface area (Å²) in [6.45, 7) is 0. The zero-order valence-corrected chi connectivity index (χ0v) is 13.6. The molecular formula is C21H16O4. The van der Waals surface area contributed by atoms with Crippen molar-refractivity contribution >= 4 is 22.8 Å². The summed E-state index contributed by atoms with van der Waals surface area (Å²) in [5.41, 5.74) is 0.829. The van der Waals surface area contributed by atoms with Gasteiger partial charge in [0.15, 0.2) is 5.78 Å². The van der Waals surface area contributed by atoms with Crippen LogP contribution in [0.25, 0.3) is 17.0 Å². The predicted octanol–water partition coefficient (Wildman–Crippen LogP) is 4.25. The molecule has 1 aromatic heterocycles. The van der Waals surface area contributed by atoms with E-state index >= 15 is 0 Å². The monoisotopic (exact) mass is 332 g/mol. The Balaban J connectivity index is 1.75. The lowest BCUT2D eigenvalue weighted by Crippen LogP contribution is -2.11. The maximum atomic E-state index is 12.2. The first-order valence-corrected chi connectivity index (χ1v) is 7.73. The number of hydrogen-bond acceptors (Lipinski definition) is 4. The molecule has 0 spiro atoms. The van der Waals surface area contributed by atoms with E-state index in [-0.39, 0.29) is 11.3 Å². The number of benzene rings is 2. The lowest BCUT2D eigenvalue weighted by atomic mass is 10.1. The van der Waals surface area contributed by atoms with Crippen molar-refractivity contribution in [3.63, 3.8) is 0 Å². The average molecular weight is 332 g/mol. The molecule has 25 heavy (non-hydrogen) atoms. The number of para-hydroxylation sites is 1. The van der Waals surface area contributed by atoms with Gasteiger partial charge in [0.2, 0.25) is 0 Å². The number of fused-ring (bicyclic) bond motifs is 1. The van der Waals surface area contributed by atoms with E-state index in [9.17, 15) is 9.59 Å². The Kier molecular flexibility index (Phi) is 4.90. The molecule has 4 nitrogen and oxygen atoms in total. The second-order valence-electron chi connectivity index (χ2n) is 5.34. The number of ether oxygens (including phenoxy) is 1. The van der Waals surface area contributed by atoms with Crippen LogP contribution in [0.3, 0.4) is 0 Å². The number of carbonyl (C=O) groups is 1. The van der Waals surface area contributed by atoms with Crippen molar-refractivity contribution in [1.29, 1.82) is 0 Å². The van der Waals surface area contributed by atoms with Crippen LogP contribution in [-0.4, -0.2) is 12.9 Å². The predicted molar refractivity (Wildman–Crippen MR) is 98.0 cm³/mol. The SMILES string of the molecule is COc1ccc(/C=C/C=C/C(=O)c2cc3ccccc3oc2=O)cc1. The van der Waals surface area contributed by atoms with Crippen LogP contribution in [0, 0.1) is 0 Å². The van der Waals surface area contributed by atoms with Gasteiger partial charge in [-0.3, -0.25) is 4.79 Å². The van der Waals surface area contributed by atoms with Crippen LogP contribution in [0.1, 0.15) is 15.9 Å². The van der Waals surface area contributed by atoms with Gasteiger partial charge in [-0.25, -0.2) is 4.79 Å². The second kappa shape index (κ2) is 7.45. The van der Waals surface area contributed by atoms with E-state index in [1.807, 2.05) is 36.4 Å². The van der Waals surface area contributed by atoms with E-state index in [0.717, 1.165) is 11.3 Å². The van der Waals surface area contributed by atoms with Gasteiger partial charge in [-0.1, -0.05) is 48.6 Å². The van der Waals surface area contributed by atoms with Crippen molar-refractivity contribution in [3.8, 4) is 5.75 Å². The molecule has 2 aromatic carbocycles. The van der Waals surface area contributed by atoms with Crippen molar-refractivity contribution in [2.45, 2.75) is 0 Å². The second-order valence-corrected chi connectivity index (χ2v) is 5.34. The van der Waals surface area contributed by atoms with E-state index in [0.29, 0.717) is 11.0 Å². The summed E-state index contributed by atoms with van der Waals surface area (Å²) in [6, 6.07) is 16.2. The van der Waals surface area contributed by atoms with Gasteiger partial charge in [0.1, 0.15) is 16.9 Å². The normalized spacial score (nSPS) is 11.4. The molecule has 4 heteroatoms. The summed E-state index contributed by atoms with van der Waals surface area (Å²) in [5.74, 6) is 0.393. The van der Waals surface area contributed by atoms with Crippen LogP contribution in [0.2, 0.25) is 0 Å². The molecule has 0 bridgehead atoms. The van der Waals surface area contributed by atoms with Crippen LogP contribution >= 0.6 is 0 Å². The number of hydrogen-bond donors (Lipinski definition) is 0. The van der Waals surface area contributed by atoms with Crippen molar-refractivity contribution in [2.75, 3.05) is 7.11 Å².